The molecule has 134 valence electrons. The van der Waals surface area contributed by atoms with Crippen LogP contribution in [0.1, 0.15) is 0 Å². The molecule has 7 nitrogen and oxygen atoms in total. The third-order valence-electron chi connectivity index (χ3n) is 2.85. The number of rotatable bonds is 7. The number of aliphatic imine (C=N–C) groups is 1. The molecule has 0 bridgehead atoms. The molecule has 0 radical (unpaired) electrons. The van der Waals surface area contributed by atoms with E-state index in [1.807, 2.05) is 0 Å². The van der Waals surface area contributed by atoms with Crippen molar-refractivity contribution < 1.29 is 19.4 Å². The molecule has 1 heterocycles. The van der Waals surface area contributed by atoms with Gasteiger partial charge in [0.1, 0.15) is 5.69 Å². The summed E-state index contributed by atoms with van der Waals surface area (Å²) < 4.78 is 5.02. The monoisotopic (exact) mass is 403 g/mol. The fourth-order valence-electron chi connectivity index (χ4n) is 1.76. The van der Waals surface area contributed by atoms with Crippen LogP contribution in [0.2, 0.25) is 10.0 Å². The van der Waals surface area contributed by atoms with Gasteiger partial charge < -0.3 is 20.5 Å². The lowest BCUT2D eigenvalue weighted by molar-refractivity contribution is -0.118. The lowest BCUT2D eigenvalue weighted by Gasteiger charge is -2.03. The molecule has 0 atom stereocenters. The summed E-state index contributed by atoms with van der Waals surface area (Å²) in [5.74, 6) is -0.860. The van der Waals surface area contributed by atoms with E-state index in [-0.39, 0.29) is 36.4 Å². The van der Waals surface area contributed by atoms with Crippen molar-refractivity contribution >= 4 is 57.6 Å². The SMILES string of the molecule is O=C(C=C1SC(=Nc2c(Cl)cccc2Cl)NC1=O)NCCOCCO. The van der Waals surface area contributed by atoms with Gasteiger partial charge in [-0.05, 0) is 23.9 Å². The molecule has 1 aromatic carbocycles. The van der Waals surface area contributed by atoms with Gasteiger partial charge in [-0.1, -0.05) is 29.3 Å². The number of amidine groups is 1. The Morgan fingerprint density at radius 1 is 1.36 bits per heavy atom. The van der Waals surface area contributed by atoms with Crippen LogP contribution in [-0.2, 0) is 14.3 Å². The highest BCUT2D eigenvalue weighted by Crippen LogP contribution is 2.35. The Hall–Kier alpha value is -1.58. The van der Waals surface area contributed by atoms with Gasteiger partial charge in [-0.25, -0.2) is 4.99 Å². The van der Waals surface area contributed by atoms with Gasteiger partial charge in [0.25, 0.3) is 5.91 Å². The van der Waals surface area contributed by atoms with Crippen LogP contribution >= 0.6 is 35.0 Å². The second kappa shape index (κ2) is 9.79. The van der Waals surface area contributed by atoms with Crippen LogP contribution in [-0.4, -0.2) is 48.5 Å². The van der Waals surface area contributed by atoms with Gasteiger partial charge in [0.05, 0.1) is 34.8 Å². The highest BCUT2D eigenvalue weighted by atomic mass is 35.5. The molecule has 0 unspecified atom stereocenters. The molecule has 2 amide bonds. The number of amides is 2. The molecule has 0 saturated carbocycles. The zero-order valence-electron chi connectivity index (χ0n) is 12.9. The van der Waals surface area contributed by atoms with Crippen LogP contribution in [0.25, 0.3) is 0 Å². The summed E-state index contributed by atoms with van der Waals surface area (Å²) >= 11 is 13.1. The fraction of sp³-hybridized carbons (Fsp3) is 0.267. The fourth-order valence-corrected chi connectivity index (χ4v) is 3.04. The van der Waals surface area contributed by atoms with E-state index in [0.29, 0.717) is 15.7 Å². The highest BCUT2D eigenvalue weighted by molar-refractivity contribution is 8.18. The number of carbonyl (C=O) groups excluding carboxylic acids is 2. The molecule has 1 aliphatic rings. The van der Waals surface area contributed by atoms with Gasteiger partial charge in [-0.2, -0.15) is 0 Å². The molecular weight excluding hydrogens is 389 g/mol. The molecule has 25 heavy (non-hydrogen) atoms. The van der Waals surface area contributed by atoms with Gasteiger partial charge in [-0.15, -0.1) is 0 Å². The Balaban J connectivity index is 1.97. The van der Waals surface area contributed by atoms with E-state index in [1.54, 1.807) is 18.2 Å². The third-order valence-corrected chi connectivity index (χ3v) is 4.37. The van der Waals surface area contributed by atoms with Crippen LogP contribution in [0, 0.1) is 0 Å². The minimum absolute atomic E-state index is 0.0770. The summed E-state index contributed by atoms with van der Waals surface area (Å²) in [6.07, 6.45) is 1.18. The summed E-state index contributed by atoms with van der Waals surface area (Å²) in [5, 5.41) is 14.7. The second-order valence-corrected chi connectivity index (χ2v) is 6.52. The van der Waals surface area contributed by atoms with Gasteiger partial charge in [0, 0.05) is 12.6 Å². The van der Waals surface area contributed by atoms with E-state index in [1.165, 1.54) is 6.08 Å². The van der Waals surface area contributed by atoms with Gasteiger partial charge in [0.15, 0.2) is 5.17 Å². The number of nitrogens with zero attached hydrogens (tertiary/aromatic N) is 1. The standard InChI is InChI=1S/C15H15Cl2N3O4S/c16-9-2-1-3-10(17)13(9)19-15-20-14(23)11(25-15)8-12(22)18-4-6-24-7-5-21/h1-3,8,21H,4-7H2,(H,18,22)(H,19,20,23). The first-order chi connectivity index (χ1) is 12.0. The number of hydrogen-bond acceptors (Lipinski definition) is 6. The van der Waals surface area contributed by atoms with Crippen molar-refractivity contribution in [3.05, 3.63) is 39.2 Å². The number of aliphatic hydroxyl groups excluding tert-OH is 1. The number of thioether (sulfide) groups is 1. The molecule has 1 aliphatic heterocycles. The van der Waals surface area contributed by atoms with E-state index < -0.39 is 11.8 Å². The summed E-state index contributed by atoms with van der Waals surface area (Å²) in [7, 11) is 0. The number of hydrogen-bond donors (Lipinski definition) is 3. The Labute approximate surface area is 158 Å². The predicted octanol–water partition coefficient (Wildman–Crippen LogP) is 1.85. The number of benzene rings is 1. The average Bonchev–Trinajstić information content (AvgIpc) is 2.90. The van der Waals surface area contributed by atoms with Crippen LogP contribution < -0.4 is 10.6 Å². The minimum Gasteiger partial charge on any atom is -0.394 e. The van der Waals surface area contributed by atoms with Crippen molar-refractivity contribution in [2.45, 2.75) is 0 Å². The maximum Gasteiger partial charge on any atom is 0.264 e. The summed E-state index contributed by atoms with van der Waals surface area (Å²) in [4.78, 5) is 28.1. The van der Waals surface area contributed by atoms with E-state index in [0.717, 1.165) is 11.8 Å². The lowest BCUT2D eigenvalue weighted by Crippen LogP contribution is -2.26. The average molecular weight is 404 g/mol. The first-order valence-corrected chi connectivity index (χ1v) is 8.78. The van der Waals surface area contributed by atoms with Crippen LogP contribution in [0.3, 0.4) is 0 Å². The van der Waals surface area contributed by atoms with E-state index in [9.17, 15) is 9.59 Å². The Morgan fingerprint density at radius 3 is 2.76 bits per heavy atom. The molecule has 10 heteroatoms. The molecule has 1 saturated heterocycles. The predicted molar refractivity (Wildman–Crippen MR) is 98.3 cm³/mol. The van der Waals surface area contributed by atoms with Crippen molar-refractivity contribution in [3.8, 4) is 0 Å². The second-order valence-electron chi connectivity index (χ2n) is 4.68. The third kappa shape index (κ3) is 6.02. The summed E-state index contributed by atoms with van der Waals surface area (Å²) in [6, 6.07) is 4.96. The smallest absolute Gasteiger partial charge is 0.264 e. The summed E-state index contributed by atoms with van der Waals surface area (Å²) in [6.45, 7) is 0.670. The van der Waals surface area contributed by atoms with Crippen LogP contribution in [0.15, 0.2) is 34.2 Å². The first kappa shape index (κ1) is 19.7. The van der Waals surface area contributed by atoms with E-state index in [4.69, 9.17) is 33.0 Å². The molecule has 0 aliphatic carbocycles. The number of halogens is 2. The van der Waals surface area contributed by atoms with E-state index >= 15 is 0 Å². The van der Waals surface area contributed by atoms with Gasteiger partial charge in [-0.3, -0.25) is 9.59 Å². The maximum atomic E-state index is 11.9. The largest absolute Gasteiger partial charge is 0.394 e. The lowest BCUT2D eigenvalue weighted by atomic mass is 10.3. The number of ether oxygens (including phenoxy) is 1. The number of carbonyl (C=O) groups is 2. The Morgan fingerprint density at radius 2 is 2.08 bits per heavy atom. The van der Waals surface area contributed by atoms with Crippen LogP contribution in [0.5, 0.6) is 0 Å². The van der Waals surface area contributed by atoms with Crippen molar-refractivity contribution in [1.82, 2.24) is 10.6 Å². The highest BCUT2D eigenvalue weighted by Gasteiger charge is 2.25. The quantitative estimate of drug-likeness (QED) is 0.476. The zero-order chi connectivity index (χ0) is 18.2. The Bertz CT molecular complexity index is 704. The molecule has 3 N–H and O–H groups in total. The topological polar surface area (TPSA) is 100 Å². The van der Waals surface area contributed by atoms with Gasteiger partial charge >= 0.3 is 0 Å². The first-order valence-electron chi connectivity index (χ1n) is 7.21. The van der Waals surface area contributed by atoms with Crippen molar-refractivity contribution in [3.63, 3.8) is 0 Å². The van der Waals surface area contributed by atoms with Crippen molar-refractivity contribution in [2.75, 3.05) is 26.4 Å². The molecule has 0 aromatic heterocycles. The zero-order valence-corrected chi connectivity index (χ0v) is 15.2. The molecule has 2 rings (SSSR count). The van der Waals surface area contributed by atoms with Crippen molar-refractivity contribution in [2.24, 2.45) is 4.99 Å². The van der Waals surface area contributed by atoms with Crippen molar-refractivity contribution in [1.29, 1.82) is 0 Å². The molecular formula is C15H15Cl2N3O4S. The van der Waals surface area contributed by atoms with E-state index in [2.05, 4.69) is 15.6 Å². The molecule has 1 fully saturated rings. The maximum absolute atomic E-state index is 11.9. The molecule has 1 aromatic rings. The Kier molecular flexibility index (Phi) is 7.73. The van der Waals surface area contributed by atoms with Crippen LogP contribution in [0.4, 0.5) is 5.69 Å². The number of nitrogens with one attached hydrogen (secondary N) is 2. The number of para-hydroxylation sites is 1. The normalized spacial score (nSPS) is 17.2. The summed E-state index contributed by atoms with van der Waals surface area (Å²) in [5.41, 5.74) is 0.348. The van der Waals surface area contributed by atoms with Gasteiger partial charge in [0.2, 0.25) is 5.91 Å². The number of aliphatic hydroxyl groups is 1. The minimum atomic E-state index is -0.432. The molecule has 0 spiro atoms.